The summed E-state index contributed by atoms with van der Waals surface area (Å²) in [7, 11) is 3.25. The predicted octanol–water partition coefficient (Wildman–Crippen LogP) is 5.38. The van der Waals surface area contributed by atoms with E-state index in [1.165, 1.54) is 22.5 Å². The summed E-state index contributed by atoms with van der Waals surface area (Å²) in [5.41, 5.74) is 4.07. The van der Waals surface area contributed by atoms with Crippen LogP contribution in [0.15, 0.2) is 84.2 Å². The van der Waals surface area contributed by atoms with Crippen LogP contribution in [0.2, 0.25) is 0 Å². The Kier molecular flexibility index (Phi) is 8.21. The Morgan fingerprint density at radius 3 is 2.18 bits per heavy atom. The van der Waals surface area contributed by atoms with Crippen LogP contribution in [0.5, 0.6) is 11.5 Å². The molecule has 4 aromatic rings. The normalized spacial score (nSPS) is 13.9. The highest BCUT2D eigenvalue weighted by Crippen LogP contribution is 2.33. The molecule has 0 saturated carbocycles. The third-order valence-electron chi connectivity index (χ3n) is 6.80. The fourth-order valence-corrected chi connectivity index (χ4v) is 5.58. The zero-order valence-corrected chi connectivity index (χ0v) is 22.5. The first kappa shape index (κ1) is 25.8. The zero-order valence-electron chi connectivity index (χ0n) is 21.7. The maximum atomic E-state index is 13.2. The number of carbonyl (C=O) groups excluding carboxylic acids is 1. The number of aromatic nitrogens is 1. The van der Waals surface area contributed by atoms with E-state index in [1.54, 1.807) is 14.2 Å². The molecule has 7 nitrogen and oxygen atoms in total. The van der Waals surface area contributed by atoms with Gasteiger partial charge in [-0.05, 0) is 23.3 Å². The summed E-state index contributed by atoms with van der Waals surface area (Å²) in [6.45, 7) is 3.04. The Hall–Kier alpha value is -3.88. The van der Waals surface area contributed by atoms with Crippen LogP contribution >= 0.6 is 11.3 Å². The van der Waals surface area contributed by atoms with Crippen molar-refractivity contribution < 1.29 is 14.3 Å². The molecule has 196 valence electrons. The van der Waals surface area contributed by atoms with Gasteiger partial charge in [0.05, 0.1) is 38.1 Å². The molecule has 1 aliphatic heterocycles. The highest BCUT2D eigenvalue weighted by Gasteiger charge is 2.28. The van der Waals surface area contributed by atoms with Gasteiger partial charge in [0.2, 0.25) is 5.91 Å². The van der Waals surface area contributed by atoms with Crippen molar-refractivity contribution in [3.05, 3.63) is 101 Å². The molecule has 0 bridgehead atoms. The maximum absolute atomic E-state index is 13.2. The molecule has 1 saturated heterocycles. The summed E-state index contributed by atoms with van der Waals surface area (Å²) in [6, 6.07) is 26.9. The molecule has 0 spiro atoms. The number of piperazine rings is 1. The van der Waals surface area contributed by atoms with Crippen molar-refractivity contribution in [2.24, 2.45) is 0 Å². The second-order valence-corrected chi connectivity index (χ2v) is 10.0. The van der Waals surface area contributed by atoms with Crippen LogP contribution in [0.4, 0.5) is 10.8 Å². The first-order valence-corrected chi connectivity index (χ1v) is 13.6. The summed E-state index contributed by atoms with van der Waals surface area (Å²) in [6.07, 6.45) is 0.286. The largest absolute Gasteiger partial charge is 0.497 e. The SMILES string of the molecule is COc1ccc(OC)c(Nc2nc(CC(=O)N3CCN(C(c4ccccc4)c4ccccc4)CC3)cs2)c1. The van der Waals surface area contributed by atoms with Gasteiger partial charge in [0.1, 0.15) is 11.5 Å². The Bertz CT molecular complexity index is 1300. The Balaban J connectivity index is 1.20. The van der Waals surface area contributed by atoms with E-state index in [0.717, 1.165) is 30.2 Å². The third-order valence-corrected chi connectivity index (χ3v) is 7.60. The van der Waals surface area contributed by atoms with E-state index in [-0.39, 0.29) is 18.4 Å². The molecule has 2 heterocycles. The predicted molar refractivity (Wildman–Crippen MR) is 152 cm³/mol. The van der Waals surface area contributed by atoms with Crippen molar-refractivity contribution in [3.63, 3.8) is 0 Å². The van der Waals surface area contributed by atoms with Gasteiger partial charge in [-0.15, -0.1) is 11.3 Å². The Morgan fingerprint density at radius 2 is 1.58 bits per heavy atom. The molecule has 1 amide bonds. The van der Waals surface area contributed by atoms with Crippen LogP contribution in [0, 0.1) is 0 Å². The molecule has 8 heteroatoms. The Morgan fingerprint density at radius 1 is 0.921 bits per heavy atom. The number of carbonyl (C=O) groups is 1. The Labute approximate surface area is 227 Å². The first-order valence-electron chi connectivity index (χ1n) is 12.7. The summed E-state index contributed by atoms with van der Waals surface area (Å²) < 4.78 is 10.8. The first-order chi connectivity index (χ1) is 18.6. The van der Waals surface area contributed by atoms with Gasteiger partial charge >= 0.3 is 0 Å². The number of nitrogens with one attached hydrogen (secondary N) is 1. The number of hydrogen-bond donors (Lipinski definition) is 1. The number of amides is 1. The summed E-state index contributed by atoms with van der Waals surface area (Å²) in [5.74, 6) is 1.53. The number of benzene rings is 3. The number of ether oxygens (including phenoxy) is 2. The quantitative estimate of drug-likeness (QED) is 0.315. The molecule has 0 unspecified atom stereocenters. The van der Waals surface area contributed by atoms with Gasteiger partial charge in [-0.1, -0.05) is 60.7 Å². The number of nitrogens with zero attached hydrogens (tertiary/aromatic N) is 3. The number of thiazole rings is 1. The van der Waals surface area contributed by atoms with E-state index in [0.29, 0.717) is 24.0 Å². The van der Waals surface area contributed by atoms with Crippen molar-refractivity contribution in [2.45, 2.75) is 12.5 Å². The number of methoxy groups -OCH3 is 2. The molecule has 3 aromatic carbocycles. The van der Waals surface area contributed by atoms with E-state index in [1.807, 2.05) is 28.5 Å². The van der Waals surface area contributed by atoms with E-state index >= 15 is 0 Å². The average Bonchev–Trinajstić information content (AvgIpc) is 3.41. The van der Waals surface area contributed by atoms with E-state index in [4.69, 9.17) is 9.47 Å². The zero-order chi connectivity index (χ0) is 26.3. The molecule has 0 atom stereocenters. The van der Waals surface area contributed by atoms with E-state index < -0.39 is 0 Å². The smallest absolute Gasteiger partial charge is 0.228 e. The fourth-order valence-electron chi connectivity index (χ4n) is 4.85. The second kappa shape index (κ2) is 12.1. The highest BCUT2D eigenvalue weighted by molar-refractivity contribution is 7.13. The second-order valence-electron chi connectivity index (χ2n) is 9.15. The van der Waals surface area contributed by atoms with Crippen molar-refractivity contribution >= 4 is 28.1 Å². The summed E-state index contributed by atoms with van der Waals surface area (Å²) in [5, 5.41) is 5.93. The van der Waals surface area contributed by atoms with Crippen LogP contribution in [0.25, 0.3) is 0 Å². The van der Waals surface area contributed by atoms with Crippen molar-refractivity contribution in [2.75, 3.05) is 45.7 Å². The minimum Gasteiger partial charge on any atom is -0.497 e. The van der Waals surface area contributed by atoms with Gasteiger partial charge in [-0.2, -0.15) is 0 Å². The van der Waals surface area contributed by atoms with Crippen LogP contribution in [0.1, 0.15) is 22.9 Å². The van der Waals surface area contributed by atoms with Gasteiger partial charge in [0, 0.05) is 37.6 Å². The molecule has 1 N–H and O–H groups in total. The molecule has 0 aliphatic carbocycles. The number of hydrogen-bond acceptors (Lipinski definition) is 7. The fraction of sp³-hybridized carbons (Fsp3) is 0.267. The van der Waals surface area contributed by atoms with E-state index in [2.05, 4.69) is 75.9 Å². The lowest BCUT2D eigenvalue weighted by molar-refractivity contribution is -0.132. The number of rotatable bonds is 9. The third kappa shape index (κ3) is 5.98. The van der Waals surface area contributed by atoms with Gasteiger partial charge < -0.3 is 19.7 Å². The molecule has 5 rings (SSSR count). The maximum Gasteiger partial charge on any atom is 0.228 e. The minimum absolute atomic E-state index is 0.108. The molecule has 1 aliphatic rings. The number of anilines is 2. The molecular formula is C30H32N4O3S. The van der Waals surface area contributed by atoms with Gasteiger partial charge in [-0.25, -0.2) is 4.98 Å². The lowest BCUT2D eigenvalue weighted by Crippen LogP contribution is -2.50. The van der Waals surface area contributed by atoms with Crippen LogP contribution in [-0.4, -0.2) is 61.1 Å². The van der Waals surface area contributed by atoms with Crippen molar-refractivity contribution in [3.8, 4) is 11.5 Å². The standard InChI is InChI=1S/C30H32N4O3S/c1-36-25-13-14-27(37-2)26(20-25)32-30-31-24(21-38-30)19-28(35)33-15-17-34(18-16-33)29(22-9-5-3-6-10-22)23-11-7-4-8-12-23/h3-14,20-21,29H,15-19H2,1-2H3,(H,31,32). The highest BCUT2D eigenvalue weighted by atomic mass is 32.1. The van der Waals surface area contributed by atoms with Crippen LogP contribution in [-0.2, 0) is 11.2 Å². The van der Waals surface area contributed by atoms with Gasteiger partial charge in [0.25, 0.3) is 0 Å². The molecular weight excluding hydrogens is 496 g/mol. The lowest BCUT2D eigenvalue weighted by atomic mass is 9.96. The topological polar surface area (TPSA) is 66.9 Å². The van der Waals surface area contributed by atoms with Crippen LogP contribution in [0.3, 0.4) is 0 Å². The monoisotopic (exact) mass is 528 g/mol. The molecule has 38 heavy (non-hydrogen) atoms. The van der Waals surface area contributed by atoms with E-state index in [9.17, 15) is 4.79 Å². The van der Waals surface area contributed by atoms with Crippen LogP contribution < -0.4 is 14.8 Å². The molecule has 1 fully saturated rings. The minimum atomic E-state index is 0.108. The molecule has 0 radical (unpaired) electrons. The van der Waals surface area contributed by atoms with Crippen molar-refractivity contribution in [1.82, 2.24) is 14.8 Å². The van der Waals surface area contributed by atoms with Crippen molar-refractivity contribution in [1.29, 1.82) is 0 Å². The van der Waals surface area contributed by atoms with Gasteiger partial charge in [-0.3, -0.25) is 9.69 Å². The summed E-state index contributed by atoms with van der Waals surface area (Å²) in [4.78, 5) is 22.2. The van der Waals surface area contributed by atoms with Gasteiger partial charge in [0.15, 0.2) is 5.13 Å². The average molecular weight is 529 g/mol. The lowest BCUT2D eigenvalue weighted by Gasteiger charge is -2.39. The molecule has 1 aromatic heterocycles. The summed E-state index contributed by atoms with van der Waals surface area (Å²) >= 11 is 1.47.